The second-order valence-corrected chi connectivity index (χ2v) is 8.57. The Hall–Kier alpha value is -2.71. The second kappa shape index (κ2) is 11.2. The third kappa shape index (κ3) is 6.40. The van der Waals surface area contributed by atoms with E-state index in [0.717, 1.165) is 38.5 Å². The molecule has 3 rings (SSSR count). The van der Waals surface area contributed by atoms with Crippen LogP contribution in [0.3, 0.4) is 0 Å². The van der Waals surface area contributed by atoms with Crippen molar-refractivity contribution in [2.45, 2.75) is 57.4 Å². The molecule has 3 N–H and O–H groups in total. The Kier molecular flexibility index (Phi) is 8.41. The average Bonchev–Trinajstić information content (AvgIpc) is 3.49. The van der Waals surface area contributed by atoms with Crippen molar-refractivity contribution < 1.29 is 19.2 Å². The number of nitrogens with one attached hydrogen (secondary N) is 2. The van der Waals surface area contributed by atoms with Gasteiger partial charge in [0.1, 0.15) is 0 Å². The van der Waals surface area contributed by atoms with Crippen molar-refractivity contribution in [3.05, 3.63) is 11.1 Å². The molecule has 1 heterocycles. The minimum absolute atomic E-state index is 0.0236. The number of amides is 2. The van der Waals surface area contributed by atoms with Gasteiger partial charge in [0.15, 0.2) is 11.6 Å². The van der Waals surface area contributed by atoms with Crippen molar-refractivity contribution in [2.75, 3.05) is 23.4 Å². The number of carbonyl (C=O) groups is 2. The lowest BCUT2D eigenvalue weighted by Gasteiger charge is -2.24. The van der Waals surface area contributed by atoms with Crippen molar-refractivity contribution in [1.82, 2.24) is 20.5 Å². The predicted octanol–water partition coefficient (Wildman–Crippen LogP) is 2.64. The molecule has 32 heavy (non-hydrogen) atoms. The number of hydrazine groups is 1. The summed E-state index contributed by atoms with van der Waals surface area (Å²) in [6.45, 7) is 0.133. The van der Waals surface area contributed by atoms with Crippen LogP contribution in [0.15, 0.2) is 0 Å². The number of hydroxylamine groups is 2. The quantitative estimate of drug-likeness (QED) is 0.185. The fourth-order valence-electron chi connectivity index (χ4n) is 4.10. The lowest BCUT2D eigenvalue weighted by molar-refractivity contribution is -0.154. The molecule has 2 fully saturated rings. The van der Waals surface area contributed by atoms with Crippen LogP contribution in [0.5, 0.6) is 0 Å². The fourth-order valence-corrected chi connectivity index (χ4v) is 4.27. The Labute approximate surface area is 190 Å². The fraction of sp³-hybridized carbons (Fsp3) is 0.650. The highest BCUT2D eigenvalue weighted by Crippen LogP contribution is 2.34. The summed E-state index contributed by atoms with van der Waals surface area (Å²) < 4.78 is 15.1. The Bertz CT molecular complexity index is 858. The van der Waals surface area contributed by atoms with Crippen molar-refractivity contribution in [3.63, 3.8) is 0 Å². The summed E-state index contributed by atoms with van der Waals surface area (Å²) in [5.41, 5.74) is 4.89. The number of halogens is 2. The third-order valence-electron chi connectivity index (χ3n) is 5.83. The van der Waals surface area contributed by atoms with Gasteiger partial charge in [-0.15, -0.1) is 0 Å². The number of hydrogen-bond acceptors (Lipinski definition) is 8. The minimum atomic E-state index is -0.788. The van der Waals surface area contributed by atoms with Gasteiger partial charge in [-0.05, 0) is 36.8 Å². The van der Waals surface area contributed by atoms with Crippen LogP contribution in [0.1, 0.15) is 51.4 Å². The number of hydrogen-bond donors (Lipinski definition) is 3. The van der Waals surface area contributed by atoms with Crippen LogP contribution in [0, 0.1) is 29.0 Å². The molecule has 0 bridgehead atoms. The second-order valence-electron chi connectivity index (χ2n) is 8.24. The van der Waals surface area contributed by atoms with Crippen molar-refractivity contribution in [3.8, 4) is 6.07 Å². The maximum Gasteiger partial charge on any atom is 0.243 e. The number of carbonyl (C=O) groups excluding carboxylic acids is 2. The highest BCUT2D eigenvalue weighted by Gasteiger charge is 2.33. The van der Waals surface area contributed by atoms with E-state index in [0.29, 0.717) is 23.9 Å². The van der Waals surface area contributed by atoms with Crippen LogP contribution in [0.25, 0.3) is 0 Å². The van der Waals surface area contributed by atoms with Crippen LogP contribution in [-0.4, -0.2) is 51.7 Å². The largest absolute Gasteiger partial charge is 0.350 e. The zero-order chi connectivity index (χ0) is 23.1. The first-order valence-electron chi connectivity index (χ1n) is 10.8. The summed E-state index contributed by atoms with van der Waals surface area (Å²) in [4.78, 5) is 33.1. The van der Waals surface area contributed by atoms with E-state index in [2.05, 4.69) is 20.8 Å². The summed E-state index contributed by atoms with van der Waals surface area (Å²) >= 11 is 5.99. The van der Waals surface area contributed by atoms with Gasteiger partial charge in [-0.2, -0.15) is 19.6 Å². The van der Waals surface area contributed by atoms with E-state index in [1.54, 1.807) is 4.90 Å². The summed E-state index contributed by atoms with van der Waals surface area (Å²) in [6, 6.07) is 2.12. The zero-order valence-corrected chi connectivity index (χ0v) is 18.4. The van der Waals surface area contributed by atoms with Crippen LogP contribution in [-0.2, 0) is 9.59 Å². The highest BCUT2D eigenvalue weighted by molar-refractivity contribution is 6.28. The molecule has 0 unspecified atom stereocenters. The maximum atomic E-state index is 15.1. The average molecular weight is 468 g/mol. The Balaban J connectivity index is 1.71. The van der Waals surface area contributed by atoms with Crippen molar-refractivity contribution in [2.24, 2.45) is 11.8 Å². The first-order chi connectivity index (χ1) is 15.4. The minimum Gasteiger partial charge on any atom is -0.350 e. The topological polar surface area (TPSA) is 134 Å². The number of nitriles is 1. The zero-order valence-electron chi connectivity index (χ0n) is 17.6. The molecule has 1 aromatic rings. The molecule has 0 aromatic carbocycles. The SMILES string of the molecule is N#CCCN(c1nc(Cl)nc(NNC(=O)[C@H](CC2CCCC2)CN(O)C=O)c1F)C1CC1. The summed E-state index contributed by atoms with van der Waals surface area (Å²) in [5.74, 6) is -1.97. The molecule has 1 aromatic heterocycles. The molecule has 0 saturated heterocycles. The lowest BCUT2D eigenvalue weighted by Crippen LogP contribution is -2.41. The normalized spacial score (nSPS) is 16.8. The molecule has 0 radical (unpaired) electrons. The standard InChI is InChI=1S/C20H27ClFN7O3/c21-20-24-17(16(22)18(25-20)29(9-3-8-23)15-6-7-15)26-27-19(31)14(11-28(32)12-30)10-13-4-1-2-5-13/h12-15,32H,1-7,9-11H2,(H,27,31)(H,24,25,26)/t14-/m1/s1. The molecule has 10 nitrogen and oxygen atoms in total. The van der Waals surface area contributed by atoms with Gasteiger partial charge in [0.25, 0.3) is 0 Å². The number of rotatable bonds is 12. The van der Waals surface area contributed by atoms with Gasteiger partial charge in [0.2, 0.25) is 23.4 Å². The highest BCUT2D eigenvalue weighted by atomic mass is 35.5. The first-order valence-corrected chi connectivity index (χ1v) is 11.1. The molecule has 0 aliphatic heterocycles. The smallest absolute Gasteiger partial charge is 0.243 e. The van der Waals surface area contributed by atoms with Crippen LogP contribution in [0.4, 0.5) is 16.0 Å². The summed E-state index contributed by atoms with van der Waals surface area (Å²) in [5, 5.41) is 18.7. The molecule has 12 heteroatoms. The Morgan fingerprint density at radius 1 is 1.34 bits per heavy atom. The molecule has 2 saturated carbocycles. The van der Waals surface area contributed by atoms with Gasteiger partial charge in [0, 0.05) is 12.6 Å². The van der Waals surface area contributed by atoms with E-state index in [4.69, 9.17) is 16.9 Å². The predicted molar refractivity (Wildman–Crippen MR) is 114 cm³/mol. The van der Waals surface area contributed by atoms with E-state index >= 15 is 4.39 Å². The van der Waals surface area contributed by atoms with E-state index in [9.17, 15) is 14.8 Å². The van der Waals surface area contributed by atoms with E-state index in [1.165, 1.54) is 0 Å². The van der Waals surface area contributed by atoms with Gasteiger partial charge in [-0.25, -0.2) is 5.06 Å². The monoisotopic (exact) mass is 467 g/mol. The van der Waals surface area contributed by atoms with Crippen LogP contribution >= 0.6 is 11.6 Å². The van der Waals surface area contributed by atoms with Crippen LogP contribution < -0.4 is 15.8 Å². The first kappa shape index (κ1) is 23.9. The van der Waals surface area contributed by atoms with Gasteiger partial charge >= 0.3 is 0 Å². The Morgan fingerprint density at radius 3 is 2.69 bits per heavy atom. The molecular formula is C20H27ClFN7O3. The molecule has 0 spiro atoms. The molecular weight excluding hydrogens is 441 g/mol. The molecule has 2 aliphatic carbocycles. The third-order valence-corrected chi connectivity index (χ3v) is 6.00. The maximum absolute atomic E-state index is 15.1. The van der Waals surface area contributed by atoms with Crippen molar-refractivity contribution >= 4 is 35.6 Å². The molecule has 174 valence electrons. The van der Waals surface area contributed by atoms with E-state index < -0.39 is 17.6 Å². The van der Waals surface area contributed by atoms with Gasteiger partial charge < -0.3 is 4.90 Å². The van der Waals surface area contributed by atoms with E-state index in [-0.39, 0.29) is 42.3 Å². The molecule has 2 aliphatic rings. The molecule has 2 amide bonds. The number of aromatic nitrogens is 2. The number of nitrogens with zero attached hydrogens (tertiary/aromatic N) is 5. The van der Waals surface area contributed by atoms with Crippen LogP contribution in [0.2, 0.25) is 5.28 Å². The number of anilines is 2. The van der Waals surface area contributed by atoms with Crippen molar-refractivity contribution in [1.29, 1.82) is 5.26 Å². The Morgan fingerprint density at radius 2 is 2.06 bits per heavy atom. The lowest BCUT2D eigenvalue weighted by atomic mass is 9.92. The summed E-state index contributed by atoms with van der Waals surface area (Å²) in [7, 11) is 0. The molecule has 1 atom stereocenters. The van der Waals surface area contributed by atoms with Gasteiger partial charge in [-0.1, -0.05) is 25.7 Å². The summed E-state index contributed by atoms with van der Waals surface area (Å²) in [6.07, 6.45) is 6.83. The van der Waals surface area contributed by atoms with Gasteiger partial charge in [-0.3, -0.25) is 25.6 Å². The van der Waals surface area contributed by atoms with E-state index in [1.807, 2.05) is 6.07 Å². The van der Waals surface area contributed by atoms with Gasteiger partial charge in [0.05, 0.1) is 25.0 Å².